The molecule has 0 spiro atoms. The standard InChI is InChI=1S/C20H24NO/c1-2-3-4-5-6-9-14-22-16-12-13-20-18(15-16)17-10-7-8-11-19(17)21-20/h7-8,10-13,15H,2-6,9,14H2,1H3. The van der Waals surface area contributed by atoms with Crippen molar-refractivity contribution in [1.82, 2.24) is 5.32 Å². The van der Waals surface area contributed by atoms with E-state index in [1.807, 2.05) is 12.1 Å². The van der Waals surface area contributed by atoms with Crippen molar-refractivity contribution in [3.63, 3.8) is 0 Å². The van der Waals surface area contributed by atoms with E-state index < -0.39 is 0 Å². The van der Waals surface area contributed by atoms with Crippen LogP contribution in [0.4, 0.5) is 11.4 Å². The Kier molecular flexibility index (Phi) is 4.99. The van der Waals surface area contributed by atoms with Gasteiger partial charge in [0.25, 0.3) is 0 Å². The Labute approximate surface area is 133 Å². The van der Waals surface area contributed by atoms with Crippen LogP contribution in [0.25, 0.3) is 11.1 Å². The normalized spacial score (nSPS) is 11.7. The summed E-state index contributed by atoms with van der Waals surface area (Å²) in [4.78, 5) is 0. The van der Waals surface area contributed by atoms with Gasteiger partial charge >= 0.3 is 0 Å². The summed E-state index contributed by atoms with van der Waals surface area (Å²) >= 11 is 0. The smallest absolute Gasteiger partial charge is 0.120 e. The molecule has 0 amide bonds. The fourth-order valence-corrected chi connectivity index (χ4v) is 2.92. The summed E-state index contributed by atoms with van der Waals surface area (Å²) in [5.74, 6) is 0.958. The van der Waals surface area contributed by atoms with Gasteiger partial charge < -0.3 is 4.74 Å². The summed E-state index contributed by atoms with van der Waals surface area (Å²) in [6.45, 7) is 3.06. The van der Waals surface area contributed by atoms with E-state index in [1.54, 1.807) is 0 Å². The average molecular weight is 294 g/mol. The van der Waals surface area contributed by atoms with E-state index in [1.165, 1.54) is 43.2 Å². The number of ether oxygens (including phenoxy) is 1. The first-order valence-electron chi connectivity index (χ1n) is 8.46. The number of unbranched alkanes of at least 4 members (excludes halogenated alkanes) is 5. The summed E-state index contributed by atoms with van der Waals surface area (Å²) in [5, 5.41) is 4.64. The largest absolute Gasteiger partial charge is 0.494 e. The third-order valence-electron chi connectivity index (χ3n) is 4.17. The van der Waals surface area contributed by atoms with Crippen molar-refractivity contribution in [1.29, 1.82) is 0 Å². The first kappa shape index (κ1) is 15.0. The second-order valence-corrected chi connectivity index (χ2v) is 5.92. The van der Waals surface area contributed by atoms with Gasteiger partial charge in [0.15, 0.2) is 0 Å². The zero-order chi connectivity index (χ0) is 15.2. The van der Waals surface area contributed by atoms with E-state index in [9.17, 15) is 0 Å². The van der Waals surface area contributed by atoms with Gasteiger partial charge in [0.05, 0.1) is 18.0 Å². The van der Waals surface area contributed by atoms with Gasteiger partial charge in [0, 0.05) is 11.1 Å². The molecule has 2 heteroatoms. The fourth-order valence-electron chi connectivity index (χ4n) is 2.92. The van der Waals surface area contributed by atoms with E-state index >= 15 is 0 Å². The molecule has 22 heavy (non-hydrogen) atoms. The van der Waals surface area contributed by atoms with Gasteiger partial charge in [-0.05, 0) is 30.7 Å². The Morgan fingerprint density at radius 1 is 0.818 bits per heavy atom. The van der Waals surface area contributed by atoms with E-state index in [0.717, 1.165) is 30.2 Å². The molecule has 0 saturated carbocycles. The predicted molar refractivity (Wildman–Crippen MR) is 92.2 cm³/mol. The molecule has 3 rings (SSSR count). The Hall–Kier alpha value is -1.96. The van der Waals surface area contributed by atoms with Gasteiger partial charge in [0.1, 0.15) is 5.75 Å². The first-order chi connectivity index (χ1) is 10.9. The van der Waals surface area contributed by atoms with Crippen LogP contribution in [0, 0.1) is 0 Å². The molecule has 2 aromatic carbocycles. The summed E-state index contributed by atoms with van der Waals surface area (Å²) < 4.78 is 5.91. The number of hydrogen-bond acceptors (Lipinski definition) is 1. The molecule has 115 valence electrons. The number of rotatable bonds is 8. The molecule has 0 fully saturated rings. The molecule has 0 saturated heterocycles. The van der Waals surface area contributed by atoms with Crippen molar-refractivity contribution in [3.8, 4) is 16.9 Å². The van der Waals surface area contributed by atoms with Crippen LogP contribution in [0.2, 0.25) is 0 Å². The molecule has 2 aromatic rings. The lowest BCUT2D eigenvalue weighted by atomic mass is 10.1. The molecular weight excluding hydrogens is 270 g/mol. The van der Waals surface area contributed by atoms with Crippen LogP contribution in [0.5, 0.6) is 5.75 Å². The van der Waals surface area contributed by atoms with Gasteiger partial charge in [-0.3, -0.25) is 0 Å². The minimum atomic E-state index is 0.809. The van der Waals surface area contributed by atoms with Gasteiger partial charge in [-0.1, -0.05) is 57.2 Å². The molecule has 1 heterocycles. The fraction of sp³-hybridized carbons (Fsp3) is 0.400. The van der Waals surface area contributed by atoms with Crippen molar-refractivity contribution in [3.05, 3.63) is 42.5 Å². The molecule has 1 radical (unpaired) electrons. The maximum Gasteiger partial charge on any atom is 0.120 e. The molecule has 0 N–H and O–H groups in total. The van der Waals surface area contributed by atoms with Gasteiger partial charge in [0.2, 0.25) is 0 Å². The van der Waals surface area contributed by atoms with Crippen molar-refractivity contribution in [2.75, 3.05) is 6.61 Å². The zero-order valence-corrected chi connectivity index (χ0v) is 13.3. The third-order valence-corrected chi connectivity index (χ3v) is 4.17. The number of nitrogens with zero attached hydrogens (tertiary/aromatic N) is 1. The molecule has 1 aliphatic rings. The number of hydrogen-bond donors (Lipinski definition) is 0. The third kappa shape index (κ3) is 3.44. The Balaban J connectivity index is 1.53. The van der Waals surface area contributed by atoms with Gasteiger partial charge in [-0.25, -0.2) is 5.32 Å². The number of benzene rings is 2. The van der Waals surface area contributed by atoms with Crippen molar-refractivity contribution >= 4 is 11.4 Å². The number of fused-ring (bicyclic) bond motifs is 3. The lowest BCUT2D eigenvalue weighted by Crippen LogP contribution is -1.97. The molecule has 0 aromatic heterocycles. The maximum atomic E-state index is 5.91. The van der Waals surface area contributed by atoms with Crippen molar-refractivity contribution in [2.24, 2.45) is 0 Å². The highest BCUT2D eigenvalue weighted by Gasteiger charge is 2.19. The number of para-hydroxylation sites is 1. The maximum absolute atomic E-state index is 5.91. The van der Waals surface area contributed by atoms with E-state index in [4.69, 9.17) is 4.74 Å². The summed E-state index contributed by atoms with van der Waals surface area (Å²) in [6.07, 6.45) is 7.75. The monoisotopic (exact) mass is 294 g/mol. The summed E-state index contributed by atoms with van der Waals surface area (Å²) in [6, 6.07) is 14.5. The second kappa shape index (κ2) is 7.35. The van der Waals surface area contributed by atoms with Crippen LogP contribution in [0.3, 0.4) is 0 Å². The Bertz CT molecular complexity index is 621. The quantitative estimate of drug-likeness (QED) is 0.469. The van der Waals surface area contributed by atoms with Gasteiger partial charge in [-0.2, -0.15) is 0 Å². The van der Waals surface area contributed by atoms with Crippen molar-refractivity contribution < 1.29 is 4.74 Å². The minimum absolute atomic E-state index is 0.809. The predicted octanol–water partition coefficient (Wildman–Crippen LogP) is 5.97. The second-order valence-electron chi connectivity index (χ2n) is 5.92. The Morgan fingerprint density at radius 2 is 1.59 bits per heavy atom. The summed E-state index contributed by atoms with van der Waals surface area (Å²) in [5.41, 5.74) is 4.51. The lowest BCUT2D eigenvalue weighted by molar-refractivity contribution is 0.304. The van der Waals surface area contributed by atoms with E-state index in [2.05, 4.69) is 42.6 Å². The zero-order valence-electron chi connectivity index (χ0n) is 13.3. The Morgan fingerprint density at radius 3 is 2.50 bits per heavy atom. The highest BCUT2D eigenvalue weighted by molar-refractivity contribution is 5.91. The highest BCUT2D eigenvalue weighted by Crippen LogP contribution is 2.43. The lowest BCUT2D eigenvalue weighted by Gasteiger charge is -2.08. The van der Waals surface area contributed by atoms with E-state index in [-0.39, 0.29) is 0 Å². The van der Waals surface area contributed by atoms with Crippen LogP contribution in [-0.2, 0) is 0 Å². The molecule has 0 bridgehead atoms. The molecule has 0 atom stereocenters. The first-order valence-corrected chi connectivity index (χ1v) is 8.46. The molecule has 2 nitrogen and oxygen atoms in total. The van der Waals surface area contributed by atoms with E-state index in [0.29, 0.717) is 0 Å². The molecular formula is C20H24NO. The molecule has 0 unspecified atom stereocenters. The van der Waals surface area contributed by atoms with Crippen LogP contribution in [0.1, 0.15) is 45.4 Å². The minimum Gasteiger partial charge on any atom is -0.494 e. The van der Waals surface area contributed by atoms with Crippen molar-refractivity contribution in [2.45, 2.75) is 45.4 Å². The average Bonchev–Trinajstić information content (AvgIpc) is 2.92. The highest BCUT2D eigenvalue weighted by atomic mass is 16.5. The summed E-state index contributed by atoms with van der Waals surface area (Å²) in [7, 11) is 0. The molecule has 1 aliphatic heterocycles. The van der Waals surface area contributed by atoms with Crippen LogP contribution < -0.4 is 10.1 Å². The van der Waals surface area contributed by atoms with Crippen LogP contribution in [-0.4, -0.2) is 6.61 Å². The van der Waals surface area contributed by atoms with Crippen LogP contribution in [0.15, 0.2) is 42.5 Å². The van der Waals surface area contributed by atoms with Crippen LogP contribution >= 0.6 is 0 Å². The topological polar surface area (TPSA) is 23.3 Å². The SMILES string of the molecule is CCCCCCCCOc1ccc2c(c1)-c1ccccc1[N]2. The molecule has 0 aliphatic carbocycles. The van der Waals surface area contributed by atoms with Gasteiger partial charge in [-0.15, -0.1) is 0 Å².